The Morgan fingerprint density at radius 1 is 1.00 bits per heavy atom. The number of nitrogens with one attached hydrogen (secondary N) is 1. The van der Waals surface area contributed by atoms with Crippen LogP contribution in [0.15, 0.2) is 42.5 Å². The van der Waals surface area contributed by atoms with E-state index in [2.05, 4.69) is 20.2 Å². The van der Waals surface area contributed by atoms with Gasteiger partial charge < -0.3 is 10.2 Å². The molecule has 152 valence electrons. The fourth-order valence-corrected chi connectivity index (χ4v) is 2.82. The number of rotatable bonds is 6. The van der Waals surface area contributed by atoms with Crippen molar-refractivity contribution in [1.29, 1.82) is 0 Å². The van der Waals surface area contributed by atoms with Crippen molar-refractivity contribution in [3.05, 3.63) is 65.0 Å². The number of hydrogen-bond acceptors (Lipinski definition) is 4. The van der Waals surface area contributed by atoms with Gasteiger partial charge in [-0.3, -0.25) is 0 Å². The molecular formula is C22H23F3N4. The van der Waals surface area contributed by atoms with Gasteiger partial charge in [0, 0.05) is 18.5 Å². The van der Waals surface area contributed by atoms with Crippen molar-refractivity contribution in [2.24, 2.45) is 0 Å². The zero-order valence-corrected chi connectivity index (χ0v) is 16.6. The third kappa shape index (κ3) is 5.54. The van der Waals surface area contributed by atoms with Crippen LogP contribution in [0, 0.1) is 6.92 Å². The fourth-order valence-electron chi connectivity index (χ4n) is 2.82. The Hall–Kier alpha value is -2.93. The van der Waals surface area contributed by atoms with Crippen LogP contribution in [0.1, 0.15) is 22.5 Å². The Morgan fingerprint density at radius 2 is 1.72 bits per heavy atom. The summed E-state index contributed by atoms with van der Waals surface area (Å²) >= 11 is 0. The van der Waals surface area contributed by atoms with E-state index in [9.17, 15) is 13.2 Å². The van der Waals surface area contributed by atoms with Crippen LogP contribution in [0.25, 0.3) is 23.1 Å². The van der Waals surface area contributed by atoms with E-state index in [-0.39, 0.29) is 0 Å². The molecule has 29 heavy (non-hydrogen) atoms. The van der Waals surface area contributed by atoms with E-state index in [0.29, 0.717) is 11.4 Å². The first-order valence-corrected chi connectivity index (χ1v) is 9.25. The molecule has 1 heterocycles. The number of anilines is 1. The Bertz CT molecular complexity index is 1010. The zero-order chi connectivity index (χ0) is 21.0. The first-order valence-electron chi connectivity index (χ1n) is 9.25. The third-order valence-electron chi connectivity index (χ3n) is 4.38. The summed E-state index contributed by atoms with van der Waals surface area (Å²) in [6.07, 6.45) is -0.924. The summed E-state index contributed by atoms with van der Waals surface area (Å²) in [7, 11) is 4.00. The van der Waals surface area contributed by atoms with Crippen molar-refractivity contribution in [2.45, 2.75) is 13.1 Å². The molecule has 0 radical (unpaired) electrons. The first-order chi connectivity index (χ1) is 13.7. The molecule has 1 N–H and O–H groups in total. The monoisotopic (exact) mass is 400 g/mol. The number of hydrogen-bond donors (Lipinski definition) is 1. The van der Waals surface area contributed by atoms with E-state index in [4.69, 9.17) is 0 Å². The quantitative estimate of drug-likeness (QED) is 0.625. The van der Waals surface area contributed by atoms with Crippen LogP contribution in [0.2, 0.25) is 0 Å². The number of alkyl halides is 3. The number of fused-ring (bicyclic) bond motifs is 1. The summed E-state index contributed by atoms with van der Waals surface area (Å²) in [5.74, 6) is 1.24. The summed E-state index contributed by atoms with van der Waals surface area (Å²) in [5, 5.41) is 4.30. The van der Waals surface area contributed by atoms with Crippen LogP contribution >= 0.6 is 0 Å². The minimum Gasteiger partial charge on any atom is -0.368 e. The van der Waals surface area contributed by atoms with Crippen molar-refractivity contribution < 1.29 is 13.2 Å². The number of aromatic nitrogens is 2. The molecule has 0 saturated carbocycles. The Balaban J connectivity index is 1.88. The van der Waals surface area contributed by atoms with E-state index in [1.807, 2.05) is 39.2 Å². The van der Waals surface area contributed by atoms with Gasteiger partial charge in [-0.1, -0.05) is 29.8 Å². The second-order valence-electron chi connectivity index (χ2n) is 7.13. The molecule has 0 aliphatic heterocycles. The lowest BCUT2D eigenvalue weighted by Crippen LogP contribution is -2.21. The van der Waals surface area contributed by atoms with E-state index < -0.39 is 11.7 Å². The van der Waals surface area contributed by atoms with E-state index >= 15 is 0 Å². The maximum Gasteiger partial charge on any atom is 0.416 e. The maximum absolute atomic E-state index is 12.7. The molecule has 7 heteroatoms. The number of halogens is 3. The van der Waals surface area contributed by atoms with Gasteiger partial charge in [0.15, 0.2) is 5.82 Å². The molecular weight excluding hydrogens is 377 g/mol. The number of nitrogens with zero attached hydrogens (tertiary/aromatic N) is 3. The molecule has 0 spiro atoms. The molecule has 0 aliphatic rings. The lowest BCUT2D eigenvalue weighted by molar-refractivity contribution is -0.137. The predicted molar refractivity (Wildman–Crippen MR) is 112 cm³/mol. The molecule has 0 saturated heterocycles. The van der Waals surface area contributed by atoms with E-state index in [1.165, 1.54) is 12.1 Å². The van der Waals surface area contributed by atoms with Crippen molar-refractivity contribution >= 4 is 28.9 Å². The molecule has 3 aromatic rings. The van der Waals surface area contributed by atoms with Gasteiger partial charge in [-0.25, -0.2) is 9.97 Å². The molecule has 4 nitrogen and oxygen atoms in total. The van der Waals surface area contributed by atoms with Crippen molar-refractivity contribution in [3.63, 3.8) is 0 Å². The minimum atomic E-state index is -4.34. The molecule has 1 aromatic heterocycles. The lowest BCUT2D eigenvalue weighted by atomic mass is 10.1. The topological polar surface area (TPSA) is 41.1 Å². The molecule has 3 rings (SSSR count). The molecule has 0 unspecified atom stereocenters. The van der Waals surface area contributed by atoms with Crippen LogP contribution in [0.4, 0.5) is 19.0 Å². The van der Waals surface area contributed by atoms with Crippen molar-refractivity contribution in [1.82, 2.24) is 14.9 Å². The largest absolute Gasteiger partial charge is 0.416 e. The highest BCUT2D eigenvalue weighted by Gasteiger charge is 2.29. The minimum absolute atomic E-state index is 0.494. The summed E-state index contributed by atoms with van der Waals surface area (Å²) in [6, 6.07) is 11.0. The van der Waals surface area contributed by atoms with Gasteiger partial charge >= 0.3 is 6.18 Å². The second-order valence-corrected chi connectivity index (χ2v) is 7.13. The average Bonchev–Trinajstić information content (AvgIpc) is 2.66. The zero-order valence-electron chi connectivity index (χ0n) is 16.6. The summed E-state index contributed by atoms with van der Waals surface area (Å²) in [6.45, 7) is 3.60. The smallest absolute Gasteiger partial charge is 0.368 e. The number of aryl methyl sites for hydroxylation is 1. The number of likely N-dealkylation sites (N-methyl/N-ethyl adjacent to an activating group) is 1. The molecule has 0 bridgehead atoms. The second kappa shape index (κ2) is 8.61. The first kappa shape index (κ1) is 20.8. The maximum atomic E-state index is 12.7. The van der Waals surface area contributed by atoms with Gasteiger partial charge in [0.05, 0.1) is 11.1 Å². The highest BCUT2D eigenvalue weighted by Crippen LogP contribution is 2.29. The van der Waals surface area contributed by atoms with E-state index in [1.54, 1.807) is 12.2 Å². The van der Waals surface area contributed by atoms with Crippen LogP contribution in [0.3, 0.4) is 0 Å². The summed E-state index contributed by atoms with van der Waals surface area (Å²) in [4.78, 5) is 11.2. The summed E-state index contributed by atoms with van der Waals surface area (Å²) < 4.78 is 38.1. The van der Waals surface area contributed by atoms with Gasteiger partial charge in [0.2, 0.25) is 0 Å². The fraction of sp³-hybridized carbons (Fsp3) is 0.273. The SMILES string of the molecule is Cc1ccc2nc(/C=C/c3ccc(C(F)(F)F)cc3)nc(NCCN(C)C)c2c1. The Morgan fingerprint density at radius 3 is 2.38 bits per heavy atom. The normalized spacial score (nSPS) is 12.2. The van der Waals surface area contributed by atoms with Crippen LogP contribution in [-0.2, 0) is 6.18 Å². The third-order valence-corrected chi connectivity index (χ3v) is 4.38. The Kier molecular flexibility index (Phi) is 6.17. The lowest BCUT2D eigenvalue weighted by Gasteiger charge is -2.13. The van der Waals surface area contributed by atoms with Gasteiger partial charge in [0.25, 0.3) is 0 Å². The average molecular weight is 400 g/mol. The molecule has 0 amide bonds. The highest BCUT2D eigenvalue weighted by molar-refractivity contribution is 5.90. The van der Waals surface area contributed by atoms with Gasteiger partial charge in [0.1, 0.15) is 5.82 Å². The Labute approximate surface area is 168 Å². The van der Waals surface area contributed by atoms with Crippen LogP contribution in [0.5, 0.6) is 0 Å². The van der Waals surface area contributed by atoms with Crippen molar-refractivity contribution in [2.75, 3.05) is 32.5 Å². The molecule has 0 aliphatic carbocycles. The van der Waals surface area contributed by atoms with E-state index in [0.717, 1.165) is 47.5 Å². The van der Waals surface area contributed by atoms with Gasteiger partial charge in [-0.15, -0.1) is 0 Å². The van der Waals surface area contributed by atoms with Gasteiger partial charge in [-0.2, -0.15) is 13.2 Å². The summed E-state index contributed by atoms with van der Waals surface area (Å²) in [5.41, 5.74) is 1.90. The molecule has 2 aromatic carbocycles. The van der Waals surface area contributed by atoms with Crippen LogP contribution < -0.4 is 5.32 Å². The predicted octanol–water partition coefficient (Wildman–Crippen LogP) is 5.10. The molecule has 0 fully saturated rings. The highest BCUT2D eigenvalue weighted by atomic mass is 19.4. The standard InChI is InChI=1S/C22H23F3N4/c1-15-4-10-19-18(14-15)21(26-12-13-29(2)3)28-20(27-19)11-7-16-5-8-17(9-6-16)22(23,24)25/h4-11,14H,12-13H2,1-3H3,(H,26,27,28)/b11-7+. The number of benzene rings is 2. The van der Waals surface area contributed by atoms with Crippen LogP contribution in [-0.4, -0.2) is 42.1 Å². The van der Waals surface area contributed by atoms with Gasteiger partial charge in [-0.05, 0) is 56.9 Å². The molecule has 0 atom stereocenters. The van der Waals surface area contributed by atoms with Crippen molar-refractivity contribution in [3.8, 4) is 0 Å².